The number of thiol groups is 1. The molecule has 0 aliphatic heterocycles. The third-order valence-electron chi connectivity index (χ3n) is 3.10. The maximum absolute atomic E-state index is 10.5. The highest BCUT2D eigenvalue weighted by molar-refractivity contribution is 7.69. The van der Waals surface area contributed by atoms with Gasteiger partial charge in [0.25, 0.3) is 5.69 Å². The fourth-order valence-corrected chi connectivity index (χ4v) is 1.76. The van der Waals surface area contributed by atoms with E-state index in [1.807, 2.05) is 32.0 Å². The van der Waals surface area contributed by atoms with Gasteiger partial charge in [0.1, 0.15) is 12.4 Å². The normalized spacial score (nSPS) is 9.91. The van der Waals surface area contributed by atoms with Crippen molar-refractivity contribution in [2.75, 3.05) is 0 Å². The topological polar surface area (TPSA) is 113 Å². The first-order chi connectivity index (χ1) is 10.8. The van der Waals surface area contributed by atoms with Crippen LogP contribution in [0, 0.1) is 24.0 Å². The minimum absolute atomic E-state index is 0.0930. The van der Waals surface area contributed by atoms with Gasteiger partial charge in [0, 0.05) is 12.1 Å². The van der Waals surface area contributed by atoms with Gasteiger partial charge >= 0.3 is 0 Å². The van der Waals surface area contributed by atoms with Gasteiger partial charge < -0.3 is 4.74 Å². The van der Waals surface area contributed by atoms with Crippen LogP contribution in [-0.4, -0.2) is 13.3 Å². The second kappa shape index (κ2) is 8.86. The molecule has 0 amide bonds. The lowest BCUT2D eigenvalue weighted by Crippen LogP contribution is -1.98. The first-order valence-electron chi connectivity index (χ1n) is 6.62. The van der Waals surface area contributed by atoms with Crippen LogP contribution in [0.15, 0.2) is 42.5 Å². The smallest absolute Gasteiger partial charge is 0.269 e. The van der Waals surface area contributed by atoms with Gasteiger partial charge in [0.15, 0.2) is 10.9 Å². The molecule has 2 rings (SSSR count). The van der Waals surface area contributed by atoms with Crippen molar-refractivity contribution >= 4 is 16.6 Å². The zero-order valence-corrected chi connectivity index (χ0v) is 13.7. The first kappa shape index (κ1) is 18.6. The number of nitro groups is 1. The van der Waals surface area contributed by atoms with Gasteiger partial charge in [-0.15, -0.1) is 0 Å². The summed E-state index contributed by atoms with van der Waals surface area (Å²) in [5, 5.41) is 14.6. The molecule has 0 saturated carbocycles. The van der Waals surface area contributed by atoms with E-state index in [2.05, 4.69) is 5.14 Å². The Morgan fingerprint density at radius 1 is 1.13 bits per heavy atom. The van der Waals surface area contributed by atoms with Crippen LogP contribution >= 0.6 is 0 Å². The highest BCUT2D eigenvalue weighted by Crippen LogP contribution is 2.22. The summed E-state index contributed by atoms with van der Waals surface area (Å²) < 4.78 is 23.4. The maximum atomic E-state index is 10.5. The number of aryl methyl sites for hydroxylation is 1. The predicted molar refractivity (Wildman–Crippen MR) is 87.8 cm³/mol. The van der Waals surface area contributed by atoms with Gasteiger partial charge in [-0.3, -0.25) is 10.1 Å². The predicted octanol–water partition coefficient (Wildman–Crippen LogP) is 2.26. The summed E-state index contributed by atoms with van der Waals surface area (Å²) in [4.78, 5) is 10.1. The molecule has 0 heterocycles. The van der Waals surface area contributed by atoms with Gasteiger partial charge in [-0.25, -0.2) is 13.6 Å². The number of nitrogens with zero attached hydrogens (tertiary/aromatic N) is 1. The van der Waals surface area contributed by atoms with E-state index in [9.17, 15) is 10.1 Å². The molecule has 0 atom stereocenters. The molecule has 7 nitrogen and oxygen atoms in total. The lowest BCUT2D eigenvalue weighted by atomic mass is 10.1. The molecular weight excluding hydrogens is 320 g/mol. The molecule has 0 radical (unpaired) electrons. The second-order valence-corrected chi connectivity index (χ2v) is 5.27. The Hall–Kier alpha value is -2.45. The Balaban J connectivity index is 0.000000593. The molecule has 2 aromatic rings. The number of nitro benzene ring substituents is 1. The van der Waals surface area contributed by atoms with Crippen molar-refractivity contribution in [3.8, 4) is 5.75 Å². The lowest BCUT2D eigenvalue weighted by Gasteiger charge is -2.10. The van der Waals surface area contributed by atoms with Crippen molar-refractivity contribution in [1.29, 1.82) is 0 Å². The Bertz CT molecular complexity index is 734. The highest BCUT2D eigenvalue weighted by Gasteiger charge is 2.05. The van der Waals surface area contributed by atoms with E-state index in [4.69, 9.17) is 13.2 Å². The molecule has 0 unspecified atom stereocenters. The standard InChI is InChI=1S/C15H15NO3.H3NO2S/c1-11-4-3-5-15(12(11)2)19-10-13-6-8-14(9-7-13)16(17)18;1-4(2)3/h3-9H,10H2,1-2H3;4H,(H2,1,2,3). The number of ether oxygens (including phenoxy) is 1. The fourth-order valence-electron chi connectivity index (χ4n) is 1.76. The molecule has 0 aliphatic rings. The van der Waals surface area contributed by atoms with Crippen LogP contribution in [0.4, 0.5) is 5.69 Å². The maximum Gasteiger partial charge on any atom is 0.269 e. The number of nitrogens with two attached hydrogens (primary N) is 1. The van der Waals surface area contributed by atoms with Crippen LogP contribution in [-0.2, 0) is 17.5 Å². The van der Waals surface area contributed by atoms with Gasteiger partial charge in [0.05, 0.1) is 4.92 Å². The molecule has 0 spiro atoms. The molecule has 8 heteroatoms. The van der Waals surface area contributed by atoms with Crippen molar-refractivity contribution in [2.24, 2.45) is 5.14 Å². The van der Waals surface area contributed by atoms with Crippen molar-refractivity contribution in [3.63, 3.8) is 0 Å². The quantitative estimate of drug-likeness (QED) is 0.504. The highest BCUT2D eigenvalue weighted by atomic mass is 32.2. The van der Waals surface area contributed by atoms with Gasteiger partial charge in [-0.05, 0) is 48.7 Å². The molecule has 0 aliphatic carbocycles. The van der Waals surface area contributed by atoms with Crippen molar-refractivity contribution < 1.29 is 18.1 Å². The summed E-state index contributed by atoms with van der Waals surface area (Å²) in [5.74, 6) is 0.846. The van der Waals surface area contributed by atoms with Crippen LogP contribution in [0.2, 0.25) is 0 Å². The largest absolute Gasteiger partial charge is 0.489 e. The molecule has 0 saturated heterocycles. The Morgan fingerprint density at radius 2 is 1.70 bits per heavy atom. The van der Waals surface area contributed by atoms with Crippen LogP contribution < -0.4 is 9.88 Å². The fraction of sp³-hybridized carbons (Fsp3) is 0.200. The molecule has 0 fully saturated rings. The van der Waals surface area contributed by atoms with E-state index < -0.39 is 15.8 Å². The van der Waals surface area contributed by atoms with Crippen LogP contribution in [0.1, 0.15) is 16.7 Å². The lowest BCUT2D eigenvalue weighted by molar-refractivity contribution is -0.384. The summed E-state index contributed by atoms with van der Waals surface area (Å²) >= 11 is 0. The van der Waals surface area contributed by atoms with E-state index in [0.29, 0.717) is 6.61 Å². The number of rotatable bonds is 4. The SMILES string of the molecule is Cc1cccc(OCc2ccc([N+](=O)[O-])cc2)c1C.N[SH](=O)=O. The molecule has 23 heavy (non-hydrogen) atoms. The van der Waals surface area contributed by atoms with Gasteiger partial charge in [-0.2, -0.15) is 0 Å². The molecule has 0 bridgehead atoms. The summed E-state index contributed by atoms with van der Waals surface area (Å²) in [5.41, 5.74) is 3.30. The summed E-state index contributed by atoms with van der Waals surface area (Å²) in [6.07, 6.45) is 0. The first-order valence-corrected chi connectivity index (χ1v) is 7.87. The second-order valence-electron chi connectivity index (χ2n) is 4.70. The van der Waals surface area contributed by atoms with Crippen LogP contribution in [0.3, 0.4) is 0 Å². The third kappa shape index (κ3) is 6.45. The number of non-ortho nitro benzene ring substituents is 1. The van der Waals surface area contributed by atoms with E-state index in [1.54, 1.807) is 12.1 Å². The van der Waals surface area contributed by atoms with Gasteiger partial charge in [-0.1, -0.05) is 12.1 Å². The zero-order valence-electron chi connectivity index (χ0n) is 12.8. The Kier molecular flexibility index (Phi) is 7.17. The van der Waals surface area contributed by atoms with E-state index >= 15 is 0 Å². The third-order valence-corrected chi connectivity index (χ3v) is 3.10. The number of hydrogen-bond acceptors (Lipinski definition) is 5. The summed E-state index contributed by atoms with van der Waals surface area (Å²) in [6, 6.07) is 12.3. The van der Waals surface area contributed by atoms with E-state index in [-0.39, 0.29) is 5.69 Å². The van der Waals surface area contributed by atoms with Crippen molar-refractivity contribution in [3.05, 3.63) is 69.3 Å². The summed E-state index contributed by atoms with van der Waals surface area (Å²) in [6.45, 7) is 4.46. The minimum atomic E-state index is -2.62. The number of benzene rings is 2. The van der Waals surface area contributed by atoms with Crippen molar-refractivity contribution in [1.82, 2.24) is 0 Å². The minimum Gasteiger partial charge on any atom is -0.489 e. The van der Waals surface area contributed by atoms with E-state index in [0.717, 1.165) is 16.9 Å². The Morgan fingerprint density at radius 3 is 2.22 bits per heavy atom. The average Bonchev–Trinajstić information content (AvgIpc) is 2.48. The molecule has 0 aromatic heterocycles. The summed E-state index contributed by atoms with van der Waals surface area (Å²) in [7, 11) is -2.62. The molecule has 2 N–H and O–H groups in total. The average molecular weight is 338 g/mol. The van der Waals surface area contributed by atoms with E-state index in [1.165, 1.54) is 17.7 Å². The number of hydrogen-bond donors (Lipinski definition) is 2. The van der Waals surface area contributed by atoms with Crippen LogP contribution in [0.5, 0.6) is 5.75 Å². The zero-order chi connectivity index (χ0) is 17.4. The van der Waals surface area contributed by atoms with Gasteiger partial charge in [0.2, 0.25) is 0 Å². The van der Waals surface area contributed by atoms with Crippen LogP contribution in [0.25, 0.3) is 0 Å². The monoisotopic (exact) mass is 338 g/mol. The molecule has 124 valence electrons. The molecule has 2 aromatic carbocycles. The van der Waals surface area contributed by atoms with Crippen molar-refractivity contribution in [2.45, 2.75) is 20.5 Å². The Labute approximate surface area is 135 Å². The molecular formula is C15H18N2O5S.